The lowest BCUT2D eigenvalue weighted by Gasteiger charge is -2.22. The number of halogens is 6. The summed E-state index contributed by atoms with van der Waals surface area (Å²) in [7, 11) is 2.46. The van der Waals surface area contributed by atoms with Crippen molar-refractivity contribution >= 4 is 17.9 Å². The van der Waals surface area contributed by atoms with Crippen LogP contribution in [-0.2, 0) is 25.6 Å². The fourth-order valence-electron chi connectivity index (χ4n) is 3.88. The number of benzene rings is 1. The second-order valence-corrected chi connectivity index (χ2v) is 9.59. The summed E-state index contributed by atoms with van der Waals surface area (Å²) >= 11 is 0. The molecule has 1 aromatic rings. The zero-order valence-corrected chi connectivity index (χ0v) is 24.7. The molecule has 1 fully saturated rings. The van der Waals surface area contributed by atoms with Gasteiger partial charge in [-0.1, -0.05) is 54.6 Å². The van der Waals surface area contributed by atoms with Crippen LogP contribution < -0.4 is 0 Å². The molecular formula is C30H36F6N2O7. The molecular weight excluding hydrogens is 614 g/mol. The van der Waals surface area contributed by atoms with Crippen molar-refractivity contribution < 1.29 is 60.5 Å². The van der Waals surface area contributed by atoms with Crippen molar-refractivity contribution in [2.45, 2.75) is 62.7 Å². The number of carbonyl (C=O) groups excluding carboxylic acids is 3. The van der Waals surface area contributed by atoms with E-state index in [4.69, 9.17) is 4.74 Å². The highest BCUT2D eigenvalue weighted by Crippen LogP contribution is 2.30. The monoisotopic (exact) mass is 650 g/mol. The normalized spacial score (nSPS) is 17.1. The standard InChI is InChI=1S/C19H20F3NO4.C11H16F3NO3/c1-2-6-14(19(20,21)22)9-10-16(24)17(25)23-15(12-27-18(23)26)11-13-7-4-3-5-8-13;1-4-5-8(11(12,13)14)6-7-9(16)10(17)15(2)18-3/h2-5,7-9,15-16,24H,1,6,10-12H2;4,6,9,16H,1,5,7H2,2-3H3/b14-9+;8-6+/t15-,16+;9-/m10/s1. The summed E-state index contributed by atoms with van der Waals surface area (Å²) in [4.78, 5) is 40.9. The Morgan fingerprint density at radius 1 is 1.00 bits per heavy atom. The van der Waals surface area contributed by atoms with Crippen LogP contribution in [0.4, 0.5) is 31.1 Å². The molecule has 1 aliphatic rings. The third-order valence-electron chi connectivity index (χ3n) is 6.30. The van der Waals surface area contributed by atoms with Crippen molar-refractivity contribution in [3.8, 4) is 0 Å². The topological polar surface area (TPSA) is 117 Å². The van der Waals surface area contributed by atoms with Crippen LogP contribution in [0.5, 0.6) is 0 Å². The van der Waals surface area contributed by atoms with Gasteiger partial charge in [0.1, 0.15) is 18.8 Å². The molecule has 250 valence electrons. The van der Waals surface area contributed by atoms with Crippen molar-refractivity contribution in [2.75, 3.05) is 20.8 Å². The molecule has 3 amide bonds. The zero-order valence-electron chi connectivity index (χ0n) is 24.7. The Hall–Kier alpha value is -3.95. The second kappa shape index (κ2) is 18.1. The number of hydroxylamine groups is 2. The quantitative estimate of drug-likeness (QED) is 0.171. The minimum absolute atomic E-state index is 0.0354. The number of aliphatic hydroxyl groups excluding tert-OH is 2. The fourth-order valence-corrected chi connectivity index (χ4v) is 3.88. The number of amides is 3. The Morgan fingerprint density at radius 3 is 1.93 bits per heavy atom. The first-order chi connectivity index (χ1) is 21.0. The van der Waals surface area contributed by atoms with Crippen LogP contribution in [-0.4, -0.2) is 89.5 Å². The van der Waals surface area contributed by atoms with Crippen LogP contribution in [0.3, 0.4) is 0 Å². The number of nitrogens with zero attached hydrogens (tertiary/aromatic N) is 2. The molecule has 0 aliphatic carbocycles. The number of ether oxygens (including phenoxy) is 1. The van der Waals surface area contributed by atoms with Crippen molar-refractivity contribution in [2.24, 2.45) is 0 Å². The molecule has 1 saturated heterocycles. The van der Waals surface area contributed by atoms with E-state index in [1.807, 2.05) is 18.2 Å². The summed E-state index contributed by atoms with van der Waals surface area (Å²) < 4.78 is 80.9. The number of imide groups is 1. The lowest BCUT2D eigenvalue weighted by Crippen LogP contribution is -2.45. The number of rotatable bonds is 13. The van der Waals surface area contributed by atoms with Crippen LogP contribution in [0, 0.1) is 0 Å². The molecule has 2 N–H and O–H groups in total. The first-order valence-electron chi connectivity index (χ1n) is 13.4. The Balaban J connectivity index is 0.000000492. The number of alkyl halides is 6. The van der Waals surface area contributed by atoms with Gasteiger partial charge in [-0.15, -0.1) is 13.2 Å². The number of hydrogen-bond acceptors (Lipinski definition) is 7. The fraction of sp³-hybridized carbons (Fsp3) is 0.433. The van der Waals surface area contributed by atoms with Gasteiger partial charge in [0, 0.05) is 31.0 Å². The van der Waals surface area contributed by atoms with Crippen LogP contribution in [0.25, 0.3) is 0 Å². The van der Waals surface area contributed by atoms with Crippen molar-refractivity contribution in [3.05, 3.63) is 84.5 Å². The summed E-state index contributed by atoms with van der Waals surface area (Å²) in [5.74, 6) is -1.79. The molecule has 0 spiro atoms. The maximum atomic E-state index is 12.9. The zero-order chi connectivity index (χ0) is 34.4. The average molecular weight is 651 g/mol. The average Bonchev–Trinajstić information content (AvgIpc) is 3.34. The summed E-state index contributed by atoms with van der Waals surface area (Å²) in [6, 6.07) is 8.43. The molecule has 9 nitrogen and oxygen atoms in total. The van der Waals surface area contributed by atoms with Crippen LogP contribution in [0.1, 0.15) is 31.2 Å². The Bertz CT molecular complexity index is 1220. The molecule has 0 unspecified atom stereocenters. The molecule has 1 aromatic carbocycles. The molecule has 3 atom stereocenters. The molecule has 45 heavy (non-hydrogen) atoms. The highest BCUT2D eigenvalue weighted by Gasteiger charge is 2.40. The van der Waals surface area contributed by atoms with Crippen molar-refractivity contribution in [3.63, 3.8) is 0 Å². The SMILES string of the molecule is C=CC/C(=C\C[C@H](O)C(=O)N(C)OC)C(F)(F)F.C=CC/C(=C\C[C@H](O)C(=O)N1C(=O)OC[C@H]1Cc1ccccc1)C(F)(F)F. The van der Waals surface area contributed by atoms with E-state index in [1.54, 1.807) is 12.1 Å². The molecule has 1 heterocycles. The highest BCUT2D eigenvalue weighted by molar-refractivity contribution is 5.96. The lowest BCUT2D eigenvalue weighted by molar-refractivity contribution is -0.177. The highest BCUT2D eigenvalue weighted by atomic mass is 19.4. The number of aliphatic hydroxyl groups is 2. The first kappa shape index (κ1) is 39.1. The lowest BCUT2D eigenvalue weighted by atomic mass is 10.0. The maximum Gasteiger partial charge on any atom is 0.417 e. The number of hydrogen-bond donors (Lipinski definition) is 2. The predicted molar refractivity (Wildman–Crippen MR) is 151 cm³/mol. The molecule has 0 saturated carbocycles. The van der Waals surface area contributed by atoms with Crippen LogP contribution in [0.2, 0.25) is 0 Å². The number of carbonyl (C=O) groups is 3. The third-order valence-corrected chi connectivity index (χ3v) is 6.30. The van der Waals surface area contributed by atoms with Gasteiger partial charge in [0.05, 0.1) is 13.2 Å². The minimum atomic E-state index is -4.58. The largest absolute Gasteiger partial charge is 0.447 e. The molecule has 15 heteroatoms. The number of allylic oxidation sites excluding steroid dienone is 4. The number of cyclic esters (lactones) is 1. The van der Waals surface area contributed by atoms with Crippen LogP contribution >= 0.6 is 0 Å². The summed E-state index contributed by atoms with van der Waals surface area (Å²) in [6.45, 7) is 6.44. The van der Waals surface area contributed by atoms with Crippen molar-refractivity contribution in [1.29, 1.82) is 0 Å². The van der Waals surface area contributed by atoms with E-state index in [9.17, 15) is 50.9 Å². The van der Waals surface area contributed by atoms with Crippen molar-refractivity contribution in [1.82, 2.24) is 9.96 Å². The summed E-state index contributed by atoms with van der Waals surface area (Å²) in [5, 5.41) is 20.2. The second-order valence-electron chi connectivity index (χ2n) is 9.59. The maximum absolute atomic E-state index is 12.9. The third kappa shape index (κ3) is 12.9. The van der Waals surface area contributed by atoms with Gasteiger partial charge >= 0.3 is 18.4 Å². The van der Waals surface area contributed by atoms with Gasteiger partial charge in [-0.2, -0.15) is 26.3 Å². The summed E-state index contributed by atoms with van der Waals surface area (Å²) in [6.07, 6.45) is -11.1. The first-order valence-corrected chi connectivity index (χ1v) is 13.4. The van der Waals surface area contributed by atoms with Gasteiger partial charge in [-0.3, -0.25) is 14.4 Å². The van der Waals surface area contributed by atoms with E-state index in [-0.39, 0.29) is 13.0 Å². The van der Waals surface area contributed by atoms with Gasteiger partial charge in [-0.25, -0.2) is 14.8 Å². The Labute approximate surface area is 256 Å². The molecule has 0 bridgehead atoms. The molecule has 1 aliphatic heterocycles. The van der Waals surface area contributed by atoms with Gasteiger partial charge in [0.25, 0.3) is 11.8 Å². The van der Waals surface area contributed by atoms with Gasteiger partial charge in [-0.05, 0) is 24.8 Å². The van der Waals surface area contributed by atoms with Crippen LogP contribution in [0.15, 0.2) is 78.9 Å². The molecule has 2 rings (SSSR count). The van der Waals surface area contributed by atoms with E-state index in [1.165, 1.54) is 14.2 Å². The Kier molecular flexibility index (Phi) is 15.7. The van der Waals surface area contributed by atoms with E-state index < -0.39 is 78.9 Å². The van der Waals surface area contributed by atoms with Gasteiger partial charge in [0.2, 0.25) is 0 Å². The van der Waals surface area contributed by atoms with E-state index in [2.05, 4.69) is 18.0 Å². The van der Waals surface area contributed by atoms with Gasteiger partial charge in [0.15, 0.2) is 0 Å². The Morgan fingerprint density at radius 2 is 1.49 bits per heavy atom. The summed E-state index contributed by atoms with van der Waals surface area (Å²) in [5.41, 5.74) is -0.892. The predicted octanol–water partition coefficient (Wildman–Crippen LogP) is 5.21. The molecule has 0 radical (unpaired) electrons. The van der Waals surface area contributed by atoms with E-state index in [0.717, 1.165) is 39.8 Å². The molecule has 0 aromatic heterocycles. The van der Waals surface area contributed by atoms with E-state index in [0.29, 0.717) is 6.42 Å². The smallest absolute Gasteiger partial charge is 0.417 e. The van der Waals surface area contributed by atoms with E-state index >= 15 is 0 Å². The number of likely N-dealkylation sites (N-methyl/N-ethyl adjacent to an activating group) is 1. The minimum Gasteiger partial charge on any atom is -0.447 e. The van der Waals surface area contributed by atoms with Gasteiger partial charge < -0.3 is 14.9 Å².